The Bertz CT molecular complexity index is 830. The lowest BCUT2D eigenvalue weighted by Crippen LogP contribution is -2.37. The molecule has 2 atom stereocenters. The molecule has 0 N–H and O–H groups in total. The molecule has 0 bridgehead atoms. The molecule has 0 amide bonds. The van der Waals surface area contributed by atoms with Crippen LogP contribution >= 0.6 is 31.9 Å². The number of methoxy groups -OCH3 is 2. The van der Waals surface area contributed by atoms with Gasteiger partial charge >= 0.3 is 11.9 Å². The summed E-state index contributed by atoms with van der Waals surface area (Å²) in [5.74, 6) is -4.34. The molecule has 2 rings (SSSR count). The molecular weight excluding hydrogens is 492 g/mol. The highest BCUT2D eigenvalue weighted by molar-refractivity contribution is 9.10. The fraction of sp³-hybridized carbons (Fsp3) is 0.286. The first kappa shape index (κ1) is 22.3. The van der Waals surface area contributed by atoms with Crippen LogP contribution in [0, 0.1) is 11.8 Å². The molecule has 0 spiro atoms. The minimum Gasteiger partial charge on any atom is -0.468 e. The predicted molar refractivity (Wildman–Crippen MR) is 112 cm³/mol. The number of hydrogen-bond donors (Lipinski definition) is 0. The van der Waals surface area contributed by atoms with Crippen LogP contribution in [0.1, 0.15) is 28.8 Å². The number of halogens is 2. The van der Waals surface area contributed by atoms with E-state index in [1.807, 2.05) is 0 Å². The summed E-state index contributed by atoms with van der Waals surface area (Å²) < 4.78 is 11.4. The summed E-state index contributed by atoms with van der Waals surface area (Å²) in [5, 5.41) is 0. The molecule has 0 saturated carbocycles. The number of hydrogen-bond acceptors (Lipinski definition) is 5. The first-order chi connectivity index (χ1) is 13.3. The van der Waals surface area contributed by atoms with Crippen molar-refractivity contribution < 1.29 is 23.9 Å². The van der Waals surface area contributed by atoms with E-state index in [0.717, 1.165) is 8.95 Å². The minimum atomic E-state index is -1.26. The number of carbonyl (C=O) groups excluding carboxylic acids is 3. The Morgan fingerprint density at radius 3 is 1.64 bits per heavy atom. The van der Waals surface area contributed by atoms with Crippen molar-refractivity contribution in [2.24, 2.45) is 11.8 Å². The van der Waals surface area contributed by atoms with Crippen LogP contribution in [-0.2, 0) is 19.1 Å². The van der Waals surface area contributed by atoms with Gasteiger partial charge in [0.25, 0.3) is 0 Å². The molecule has 0 aliphatic heterocycles. The van der Waals surface area contributed by atoms with Gasteiger partial charge in [0.05, 0.1) is 14.2 Å². The molecule has 0 saturated heterocycles. The number of ether oxygens (including phenoxy) is 2. The van der Waals surface area contributed by atoms with E-state index in [9.17, 15) is 14.4 Å². The van der Waals surface area contributed by atoms with Gasteiger partial charge in [0, 0.05) is 26.3 Å². The average Bonchev–Trinajstić information content (AvgIpc) is 2.71. The quantitative estimate of drug-likeness (QED) is 0.304. The topological polar surface area (TPSA) is 69.7 Å². The summed E-state index contributed by atoms with van der Waals surface area (Å²) in [6.07, 6.45) is 0. The summed E-state index contributed by atoms with van der Waals surface area (Å²) in [6.45, 7) is 1.70. The first-order valence-corrected chi connectivity index (χ1v) is 10.1. The number of rotatable bonds is 7. The second-order valence-electron chi connectivity index (χ2n) is 6.26. The summed E-state index contributed by atoms with van der Waals surface area (Å²) in [4.78, 5) is 38.0. The standard InChI is InChI=1S/C21H20Br2O5/c1-12(19(24)14-6-10-16(23)11-7-14)17(13-4-8-15(22)9-5-13)18(20(25)27-2)21(26)28-3/h4-12,17-18H,1-3H3/t12-,17+/m1/s1. The molecule has 28 heavy (non-hydrogen) atoms. The molecule has 0 aromatic heterocycles. The molecule has 0 heterocycles. The van der Waals surface area contributed by atoms with Gasteiger partial charge in [-0.2, -0.15) is 0 Å². The highest BCUT2D eigenvalue weighted by atomic mass is 79.9. The Morgan fingerprint density at radius 2 is 1.21 bits per heavy atom. The summed E-state index contributed by atoms with van der Waals surface area (Å²) in [7, 11) is 2.41. The normalized spacial score (nSPS) is 12.9. The molecule has 5 nitrogen and oxygen atoms in total. The second kappa shape index (κ2) is 9.98. The van der Waals surface area contributed by atoms with Crippen molar-refractivity contribution in [2.45, 2.75) is 12.8 Å². The van der Waals surface area contributed by atoms with Crippen LogP contribution in [0.4, 0.5) is 0 Å². The van der Waals surface area contributed by atoms with E-state index in [1.54, 1.807) is 55.5 Å². The number of carbonyl (C=O) groups is 3. The zero-order chi connectivity index (χ0) is 20.8. The number of benzene rings is 2. The van der Waals surface area contributed by atoms with E-state index in [-0.39, 0.29) is 5.78 Å². The van der Waals surface area contributed by atoms with Crippen LogP contribution in [0.15, 0.2) is 57.5 Å². The zero-order valence-corrected chi connectivity index (χ0v) is 18.8. The third kappa shape index (κ3) is 5.08. The number of Topliss-reactive ketones (excluding diaryl/α,β-unsaturated/α-hetero) is 1. The molecule has 0 unspecified atom stereocenters. The van der Waals surface area contributed by atoms with Gasteiger partial charge in [0.1, 0.15) is 0 Å². The van der Waals surface area contributed by atoms with Crippen LogP contribution < -0.4 is 0 Å². The van der Waals surface area contributed by atoms with E-state index < -0.39 is 29.7 Å². The minimum absolute atomic E-state index is 0.182. The van der Waals surface area contributed by atoms with Gasteiger partial charge < -0.3 is 9.47 Å². The monoisotopic (exact) mass is 510 g/mol. The fourth-order valence-electron chi connectivity index (χ4n) is 3.14. The van der Waals surface area contributed by atoms with Crippen molar-refractivity contribution in [1.29, 1.82) is 0 Å². The van der Waals surface area contributed by atoms with Gasteiger partial charge in [-0.15, -0.1) is 0 Å². The molecule has 7 heteroatoms. The third-order valence-corrected chi connectivity index (χ3v) is 5.66. The van der Waals surface area contributed by atoms with Gasteiger partial charge in [-0.05, 0) is 29.8 Å². The van der Waals surface area contributed by atoms with E-state index in [4.69, 9.17) is 9.47 Å². The van der Waals surface area contributed by atoms with Gasteiger partial charge in [0.15, 0.2) is 11.7 Å². The number of ketones is 1. The fourth-order valence-corrected chi connectivity index (χ4v) is 3.67. The maximum atomic E-state index is 13.1. The van der Waals surface area contributed by atoms with Crippen molar-refractivity contribution in [3.8, 4) is 0 Å². The van der Waals surface area contributed by atoms with E-state index >= 15 is 0 Å². The first-order valence-electron chi connectivity index (χ1n) is 8.51. The van der Waals surface area contributed by atoms with Crippen molar-refractivity contribution >= 4 is 49.6 Å². The highest BCUT2D eigenvalue weighted by Gasteiger charge is 2.43. The van der Waals surface area contributed by atoms with Crippen LogP contribution in [0.5, 0.6) is 0 Å². The van der Waals surface area contributed by atoms with Gasteiger partial charge in [-0.25, -0.2) is 0 Å². The molecular formula is C21H20Br2O5. The number of esters is 2. The van der Waals surface area contributed by atoms with E-state index in [0.29, 0.717) is 11.1 Å². The van der Waals surface area contributed by atoms with Crippen LogP contribution in [0.2, 0.25) is 0 Å². The highest BCUT2D eigenvalue weighted by Crippen LogP contribution is 2.36. The van der Waals surface area contributed by atoms with Crippen LogP contribution in [-0.4, -0.2) is 31.9 Å². The maximum Gasteiger partial charge on any atom is 0.320 e. The molecule has 0 aliphatic rings. The van der Waals surface area contributed by atoms with Gasteiger partial charge in [0.2, 0.25) is 0 Å². The summed E-state index contributed by atoms with van der Waals surface area (Å²) >= 11 is 6.72. The van der Waals surface area contributed by atoms with Crippen LogP contribution in [0.25, 0.3) is 0 Å². The summed E-state index contributed by atoms with van der Waals surface area (Å²) in [5.41, 5.74) is 1.16. The molecule has 2 aromatic carbocycles. The Balaban J connectivity index is 2.53. The lowest BCUT2D eigenvalue weighted by molar-refractivity contribution is -0.160. The largest absolute Gasteiger partial charge is 0.468 e. The SMILES string of the molecule is COC(=O)C(C(=O)OC)[C@H](c1ccc(Br)cc1)[C@@H](C)C(=O)c1ccc(Br)cc1. The second-order valence-corrected chi connectivity index (χ2v) is 8.09. The lowest BCUT2D eigenvalue weighted by Gasteiger charge is -2.28. The molecule has 2 aromatic rings. The molecule has 0 aliphatic carbocycles. The van der Waals surface area contributed by atoms with E-state index in [2.05, 4.69) is 31.9 Å². The van der Waals surface area contributed by atoms with Crippen molar-refractivity contribution in [3.63, 3.8) is 0 Å². The lowest BCUT2D eigenvalue weighted by atomic mass is 9.74. The molecule has 0 fully saturated rings. The van der Waals surface area contributed by atoms with Crippen molar-refractivity contribution in [3.05, 3.63) is 68.6 Å². The van der Waals surface area contributed by atoms with Gasteiger partial charge in [-0.3, -0.25) is 14.4 Å². The van der Waals surface area contributed by atoms with E-state index in [1.165, 1.54) is 14.2 Å². The Hall–Kier alpha value is -1.99. The van der Waals surface area contributed by atoms with Crippen LogP contribution in [0.3, 0.4) is 0 Å². The Morgan fingerprint density at radius 1 is 0.786 bits per heavy atom. The Kier molecular flexibility index (Phi) is 7.95. The zero-order valence-electron chi connectivity index (χ0n) is 15.6. The third-order valence-electron chi connectivity index (χ3n) is 4.61. The molecule has 148 valence electrons. The van der Waals surface area contributed by atoms with Crippen molar-refractivity contribution in [1.82, 2.24) is 0 Å². The summed E-state index contributed by atoms with van der Waals surface area (Å²) in [6, 6.07) is 14.1. The Labute approximate surface area is 180 Å². The predicted octanol–water partition coefficient (Wildman–Crippen LogP) is 4.78. The van der Waals surface area contributed by atoms with Gasteiger partial charge in [-0.1, -0.05) is 63.0 Å². The van der Waals surface area contributed by atoms with Crippen molar-refractivity contribution in [2.75, 3.05) is 14.2 Å². The average molecular weight is 512 g/mol. The molecule has 0 radical (unpaired) electrons. The maximum absolute atomic E-state index is 13.1. The smallest absolute Gasteiger partial charge is 0.320 e.